The highest BCUT2D eigenvalue weighted by Gasteiger charge is 2.29. The Morgan fingerprint density at radius 2 is 2.30 bits per heavy atom. The van der Waals surface area contributed by atoms with E-state index in [0.29, 0.717) is 24.0 Å². The zero-order valence-electron chi connectivity index (χ0n) is 11.5. The Kier molecular flexibility index (Phi) is 3.52. The molecule has 0 aliphatic carbocycles. The SMILES string of the molecule is Cc1nc([C@H]2CCCN(C(=O)c3csc(C)n3)C2)no1. The molecule has 1 atom stereocenters. The highest BCUT2D eigenvalue weighted by molar-refractivity contribution is 7.09. The topological polar surface area (TPSA) is 72.1 Å². The molecule has 3 rings (SSSR count). The molecule has 1 aliphatic heterocycles. The Hall–Kier alpha value is -1.76. The van der Waals surface area contributed by atoms with Crippen molar-refractivity contribution in [1.29, 1.82) is 0 Å². The zero-order chi connectivity index (χ0) is 14.1. The number of piperidine rings is 1. The van der Waals surface area contributed by atoms with Gasteiger partial charge in [0.1, 0.15) is 5.69 Å². The van der Waals surface area contributed by atoms with Crippen LogP contribution in [0.1, 0.15) is 46.0 Å². The molecule has 0 unspecified atom stereocenters. The van der Waals surface area contributed by atoms with Crippen LogP contribution in [0.2, 0.25) is 0 Å². The van der Waals surface area contributed by atoms with Crippen LogP contribution in [0.5, 0.6) is 0 Å². The molecule has 7 heteroatoms. The first-order valence-electron chi connectivity index (χ1n) is 6.65. The summed E-state index contributed by atoms with van der Waals surface area (Å²) in [6.07, 6.45) is 1.94. The van der Waals surface area contributed by atoms with E-state index in [9.17, 15) is 4.79 Å². The monoisotopic (exact) mass is 292 g/mol. The van der Waals surface area contributed by atoms with E-state index in [0.717, 1.165) is 24.4 Å². The van der Waals surface area contributed by atoms with Gasteiger partial charge in [0.15, 0.2) is 5.82 Å². The first-order chi connectivity index (χ1) is 9.63. The Labute approximate surface area is 120 Å². The fourth-order valence-corrected chi connectivity index (χ4v) is 3.06. The summed E-state index contributed by atoms with van der Waals surface area (Å²) in [5, 5.41) is 6.70. The second-order valence-electron chi connectivity index (χ2n) is 5.01. The Morgan fingerprint density at radius 3 is 2.95 bits per heavy atom. The van der Waals surface area contributed by atoms with E-state index in [1.807, 2.05) is 17.2 Å². The molecular formula is C13H16N4O2S. The van der Waals surface area contributed by atoms with Crippen LogP contribution in [-0.2, 0) is 0 Å². The lowest BCUT2D eigenvalue weighted by molar-refractivity contribution is 0.0698. The highest BCUT2D eigenvalue weighted by atomic mass is 32.1. The molecular weight excluding hydrogens is 276 g/mol. The molecule has 0 spiro atoms. The number of aromatic nitrogens is 3. The summed E-state index contributed by atoms with van der Waals surface area (Å²) < 4.78 is 5.03. The number of carbonyl (C=O) groups excluding carboxylic acids is 1. The second kappa shape index (κ2) is 5.32. The minimum Gasteiger partial charge on any atom is -0.340 e. The smallest absolute Gasteiger partial charge is 0.273 e. The zero-order valence-corrected chi connectivity index (χ0v) is 12.3. The molecule has 1 amide bonds. The lowest BCUT2D eigenvalue weighted by Gasteiger charge is -2.30. The van der Waals surface area contributed by atoms with Gasteiger partial charge in [0.25, 0.3) is 5.91 Å². The average molecular weight is 292 g/mol. The predicted octanol–water partition coefficient (Wildman–Crippen LogP) is 2.16. The molecule has 0 radical (unpaired) electrons. The Morgan fingerprint density at radius 1 is 1.45 bits per heavy atom. The second-order valence-corrected chi connectivity index (χ2v) is 6.08. The first-order valence-corrected chi connectivity index (χ1v) is 7.53. The van der Waals surface area contributed by atoms with Crippen LogP contribution in [0.3, 0.4) is 0 Å². The summed E-state index contributed by atoms with van der Waals surface area (Å²) in [6, 6.07) is 0. The molecule has 2 aromatic rings. The summed E-state index contributed by atoms with van der Waals surface area (Å²) >= 11 is 1.50. The van der Waals surface area contributed by atoms with Crippen molar-refractivity contribution in [2.75, 3.05) is 13.1 Å². The van der Waals surface area contributed by atoms with E-state index in [-0.39, 0.29) is 11.8 Å². The van der Waals surface area contributed by atoms with E-state index in [1.54, 1.807) is 6.92 Å². The number of thiazole rings is 1. The molecule has 0 saturated carbocycles. The number of hydrogen-bond donors (Lipinski definition) is 0. The van der Waals surface area contributed by atoms with Crippen molar-refractivity contribution < 1.29 is 9.32 Å². The predicted molar refractivity (Wildman–Crippen MR) is 73.8 cm³/mol. The van der Waals surface area contributed by atoms with Gasteiger partial charge in [0, 0.05) is 31.3 Å². The summed E-state index contributed by atoms with van der Waals surface area (Å²) in [7, 11) is 0. The van der Waals surface area contributed by atoms with E-state index in [4.69, 9.17) is 4.52 Å². The molecule has 0 bridgehead atoms. The van der Waals surface area contributed by atoms with Crippen molar-refractivity contribution in [3.63, 3.8) is 0 Å². The van der Waals surface area contributed by atoms with Gasteiger partial charge in [-0.15, -0.1) is 11.3 Å². The third-order valence-electron chi connectivity index (χ3n) is 3.46. The minimum atomic E-state index is -0.000679. The quantitative estimate of drug-likeness (QED) is 0.848. The molecule has 106 valence electrons. The third kappa shape index (κ3) is 2.58. The summed E-state index contributed by atoms with van der Waals surface area (Å²) in [6.45, 7) is 5.08. The minimum absolute atomic E-state index is 0.000679. The van der Waals surface area contributed by atoms with Crippen LogP contribution in [0, 0.1) is 13.8 Å². The van der Waals surface area contributed by atoms with Gasteiger partial charge in [-0.3, -0.25) is 4.79 Å². The summed E-state index contributed by atoms with van der Waals surface area (Å²) in [5.41, 5.74) is 0.539. The molecule has 1 fully saturated rings. The van der Waals surface area contributed by atoms with Gasteiger partial charge in [-0.2, -0.15) is 4.98 Å². The van der Waals surface area contributed by atoms with Crippen LogP contribution in [0.15, 0.2) is 9.90 Å². The number of amides is 1. The molecule has 6 nitrogen and oxygen atoms in total. The maximum Gasteiger partial charge on any atom is 0.273 e. The van der Waals surface area contributed by atoms with Crippen molar-refractivity contribution in [1.82, 2.24) is 20.0 Å². The van der Waals surface area contributed by atoms with Crippen molar-refractivity contribution in [3.05, 3.63) is 27.8 Å². The summed E-state index contributed by atoms with van der Waals surface area (Å²) in [4.78, 5) is 22.8. The molecule has 3 heterocycles. The Bertz CT molecular complexity index is 621. The molecule has 1 aliphatic rings. The number of nitrogens with zero attached hydrogens (tertiary/aromatic N) is 4. The fourth-order valence-electron chi connectivity index (χ4n) is 2.48. The lowest BCUT2D eigenvalue weighted by atomic mass is 9.97. The number of rotatable bonds is 2. The van der Waals surface area contributed by atoms with Crippen LogP contribution >= 0.6 is 11.3 Å². The average Bonchev–Trinajstić information content (AvgIpc) is 3.07. The maximum absolute atomic E-state index is 12.4. The molecule has 0 aromatic carbocycles. The van der Waals surface area contributed by atoms with Crippen LogP contribution in [-0.4, -0.2) is 39.0 Å². The normalized spacial score (nSPS) is 19.3. The number of hydrogen-bond acceptors (Lipinski definition) is 6. The van der Waals surface area contributed by atoms with Gasteiger partial charge in [-0.25, -0.2) is 4.98 Å². The highest BCUT2D eigenvalue weighted by Crippen LogP contribution is 2.26. The van der Waals surface area contributed by atoms with Gasteiger partial charge >= 0.3 is 0 Å². The maximum atomic E-state index is 12.4. The molecule has 0 N–H and O–H groups in total. The third-order valence-corrected chi connectivity index (χ3v) is 4.23. The largest absolute Gasteiger partial charge is 0.340 e. The first kappa shape index (κ1) is 13.2. The Balaban J connectivity index is 1.73. The van der Waals surface area contributed by atoms with Crippen molar-refractivity contribution in [3.8, 4) is 0 Å². The van der Waals surface area contributed by atoms with E-state index in [1.165, 1.54) is 11.3 Å². The van der Waals surface area contributed by atoms with Gasteiger partial charge < -0.3 is 9.42 Å². The van der Waals surface area contributed by atoms with Crippen LogP contribution in [0.4, 0.5) is 0 Å². The van der Waals surface area contributed by atoms with Gasteiger partial charge in [0.05, 0.1) is 5.01 Å². The van der Waals surface area contributed by atoms with Crippen LogP contribution in [0.25, 0.3) is 0 Å². The van der Waals surface area contributed by atoms with E-state index >= 15 is 0 Å². The van der Waals surface area contributed by atoms with E-state index in [2.05, 4.69) is 15.1 Å². The lowest BCUT2D eigenvalue weighted by Crippen LogP contribution is -2.39. The number of carbonyl (C=O) groups is 1. The van der Waals surface area contributed by atoms with Gasteiger partial charge in [0.2, 0.25) is 5.89 Å². The van der Waals surface area contributed by atoms with Crippen molar-refractivity contribution >= 4 is 17.2 Å². The summed E-state index contributed by atoms with van der Waals surface area (Å²) in [5.74, 6) is 1.43. The molecule has 20 heavy (non-hydrogen) atoms. The van der Waals surface area contributed by atoms with Crippen LogP contribution < -0.4 is 0 Å². The molecule has 2 aromatic heterocycles. The van der Waals surface area contributed by atoms with Crippen molar-refractivity contribution in [2.45, 2.75) is 32.6 Å². The number of aryl methyl sites for hydroxylation is 2. The van der Waals surface area contributed by atoms with E-state index < -0.39 is 0 Å². The van der Waals surface area contributed by atoms with Gasteiger partial charge in [-0.1, -0.05) is 5.16 Å². The number of likely N-dealkylation sites (tertiary alicyclic amines) is 1. The standard InChI is InChI=1S/C13H16N4O2S/c1-8-14-12(16-19-8)10-4-3-5-17(6-10)13(18)11-7-20-9(2)15-11/h7,10H,3-6H2,1-2H3/t10-/m0/s1. The molecule has 1 saturated heterocycles. The fraction of sp³-hybridized carbons (Fsp3) is 0.538. The van der Waals surface area contributed by atoms with Gasteiger partial charge in [-0.05, 0) is 19.8 Å². The van der Waals surface area contributed by atoms with Crippen molar-refractivity contribution in [2.24, 2.45) is 0 Å².